The lowest BCUT2D eigenvalue weighted by molar-refractivity contribution is -0.139. The number of halogens is 3. The summed E-state index contributed by atoms with van der Waals surface area (Å²) in [4.78, 5) is 15.1. The molecule has 4 aromatic rings. The third-order valence-corrected chi connectivity index (χ3v) is 5.94. The average molecular weight is 487 g/mol. The van der Waals surface area contributed by atoms with Crippen molar-refractivity contribution < 1.29 is 19.0 Å². The first kappa shape index (κ1) is 23.1. The highest BCUT2D eigenvalue weighted by Crippen LogP contribution is 2.26. The molecule has 3 aromatic carbocycles. The fourth-order valence-corrected chi connectivity index (χ4v) is 4.04. The van der Waals surface area contributed by atoms with Gasteiger partial charge in [0.25, 0.3) is 0 Å². The molecule has 0 spiro atoms. The van der Waals surface area contributed by atoms with Crippen molar-refractivity contribution in [3.63, 3.8) is 0 Å². The minimum Gasteiger partial charge on any atom is -0.489 e. The van der Waals surface area contributed by atoms with Crippen LogP contribution in [0.2, 0.25) is 10.0 Å². The Morgan fingerprint density at radius 2 is 1.88 bits per heavy atom. The molecule has 1 atom stereocenters. The Hall–Kier alpha value is -3.06. The second kappa shape index (κ2) is 10.3. The van der Waals surface area contributed by atoms with Gasteiger partial charge in [-0.25, -0.2) is 4.39 Å². The Morgan fingerprint density at radius 1 is 1.06 bits per heavy atom. The first-order chi connectivity index (χ1) is 15.9. The minimum atomic E-state index is -0.956. The first-order valence-electron chi connectivity index (χ1n) is 10.3. The lowest BCUT2D eigenvalue weighted by atomic mass is 10.0. The molecule has 0 radical (unpaired) electrons. The Kier molecular flexibility index (Phi) is 7.18. The van der Waals surface area contributed by atoms with Crippen LogP contribution in [0.1, 0.15) is 16.7 Å². The average Bonchev–Trinajstić information content (AvgIpc) is 3.19. The SMILES string of the molecule is O=C(O)[C@@H](Cc1c[nH]c2ccccc12)NCc1cc(Cl)ccc1OCc1ccc(F)cc1Cl. The number of aromatic amines is 1. The zero-order valence-electron chi connectivity index (χ0n) is 17.4. The first-order valence-corrected chi connectivity index (χ1v) is 11.0. The predicted molar refractivity (Wildman–Crippen MR) is 127 cm³/mol. The minimum absolute atomic E-state index is 0.130. The molecule has 1 aromatic heterocycles. The van der Waals surface area contributed by atoms with Crippen LogP contribution in [0.3, 0.4) is 0 Å². The molecular formula is C25H21Cl2FN2O3. The monoisotopic (exact) mass is 486 g/mol. The van der Waals surface area contributed by atoms with E-state index < -0.39 is 17.8 Å². The van der Waals surface area contributed by atoms with E-state index >= 15 is 0 Å². The molecule has 0 saturated heterocycles. The largest absolute Gasteiger partial charge is 0.489 e. The highest BCUT2D eigenvalue weighted by molar-refractivity contribution is 6.31. The maximum atomic E-state index is 13.3. The van der Waals surface area contributed by atoms with E-state index in [1.807, 2.05) is 30.5 Å². The number of ether oxygens (including phenoxy) is 1. The molecule has 0 unspecified atom stereocenters. The van der Waals surface area contributed by atoms with E-state index in [1.165, 1.54) is 12.1 Å². The second-order valence-corrected chi connectivity index (χ2v) is 8.46. The lowest BCUT2D eigenvalue weighted by Crippen LogP contribution is -2.38. The maximum Gasteiger partial charge on any atom is 0.321 e. The molecule has 170 valence electrons. The van der Waals surface area contributed by atoms with Crippen LogP contribution in [-0.4, -0.2) is 22.1 Å². The van der Waals surface area contributed by atoms with Gasteiger partial charge in [0.1, 0.15) is 24.2 Å². The number of hydrogen-bond acceptors (Lipinski definition) is 3. The Morgan fingerprint density at radius 3 is 2.67 bits per heavy atom. The summed E-state index contributed by atoms with van der Waals surface area (Å²) in [7, 11) is 0. The van der Waals surface area contributed by atoms with Crippen LogP contribution in [0.15, 0.2) is 66.9 Å². The zero-order valence-corrected chi connectivity index (χ0v) is 19.0. The number of aliphatic carboxylic acids is 1. The van der Waals surface area contributed by atoms with Crippen LogP contribution in [0.5, 0.6) is 5.75 Å². The Labute approximate surface area is 200 Å². The van der Waals surface area contributed by atoms with E-state index in [0.717, 1.165) is 16.5 Å². The normalized spacial score (nSPS) is 12.1. The zero-order chi connectivity index (χ0) is 23.4. The van der Waals surface area contributed by atoms with E-state index in [1.54, 1.807) is 24.3 Å². The molecule has 33 heavy (non-hydrogen) atoms. The summed E-state index contributed by atoms with van der Waals surface area (Å²) in [6.45, 7) is 0.359. The standard InChI is InChI=1S/C25H21Cl2FN2O3/c26-18-6-8-24(33-14-15-5-7-19(28)11-21(15)27)17(9-18)13-30-23(25(31)32)10-16-12-29-22-4-2-1-3-20(16)22/h1-9,11-12,23,29-30H,10,13-14H2,(H,31,32)/t23-/m1/s1. The fourth-order valence-electron chi connectivity index (χ4n) is 3.62. The molecule has 0 aliphatic carbocycles. The van der Waals surface area contributed by atoms with Crippen molar-refractivity contribution in [2.75, 3.05) is 0 Å². The van der Waals surface area contributed by atoms with Crippen molar-refractivity contribution in [1.82, 2.24) is 10.3 Å². The third-order valence-electron chi connectivity index (χ3n) is 5.36. The van der Waals surface area contributed by atoms with Gasteiger partial charge in [-0.05, 0) is 42.0 Å². The van der Waals surface area contributed by atoms with E-state index in [2.05, 4.69) is 10.3 Å². The van der Waals surface area contributed by atoms with Crippen LogP contribution < -0.4 is 10.1 Å². The van der Waals surface area contributed by atoms with Gasteiger partial charge in [-0.3, -0.25) is 10.1 Å². The molecule has 8 heteroatoms. The highest BCUT2D eigenvalue weighted by atomic mass is 35.5. The van der Waals surface area contributed by atoms with Crippen LogP contribution in [0.25, 0.3) is 10.9 Å². The summed E-state index contributed by atoms with van der Waals surface area (Å²) in [5.41, 5.74) is 3.21. The number of H-pyrrole nitrogens is 1. The number of aromatic nitrogens is 1. The van der Waals surface area contributed by atoms with E-state index in [4.69, 9.17) is 27.9 Å². The molecular weight excluding hydrogens is 466 g/mol. The number of carboxylic acid groups (broad SMARTS) is 1. The van der Waals surface area contributed by atoms with Gasteiger partial charge in [-0.1, -0.05) is 47.5 Å². The van der Waals surface area contributed by atoms with Gasteiger partial charge < -0.3 is 14.8 Å². The predicted octanol–water partition coefficient (Wildman–Crippen LogP) is 5.98. The quantitative estimate of drug-likeness (QED) is 0.272. The fraction of sp³-hybridized carbons (Fsp3) is 0.160. The van der Waals surface area contributed by atoms with Gasteiger partial charge in [-0.15, -0.1) is 0 Å². The van der Waals surface area contributed by atoms with Gasteiger partial charge in [0, 0.05) is 46.2 Å². The number of benzene rings is 3. The second-order valence-electron chi connectivity index (χ2n) is 7.61. The number of carboxylic acids is 1. The number of nitrogens with one attached hydrogen (secondary N) is 2. The molecule has 0 aliphatic rings. The number of carbonyl (C=O) groups is 1. The number of rotatable bonds is 9. The van der Waals surface area contributed by atoms with Crippen molar-refractivity contribution in [2.45, 2.75) is 25.6 Å². The third kappa shape index (κ3) is 5.66. The summed E-state index contributed by atoms with van der Waals surface area (Å²) in [5, 5.41) is 14.6. The summed E-state index contributed by atoms with van der Waals surface area (Å²) >= 11 is 12.3. The summed E-state index contributed by atoms with van der Waals surface area (Å²) in [5.74, 6) is -0.846. The van der Waals surface area contributed by atoms with Crippen molar-refractivity contribution in [2.24, 2.45) is 0 Å². The van der Waals surface area contributed by atoms with Gasteiger partial charge in [-0.2, -0.15) is 0 Å². The molecule has 3 N–H and O–H groups in total. The van der Waals surface area contributed by atoms with E-state index in [-0.39, 0.29) is 18.2 Å². The maximum absolute atomic E-state index is 13.3. The van der Waals surface area contributed by atoms with Gasteiger partial charge in [0.15, 0.2) is 0 Å². The van der Waals surface area contributed by atoms with Crippen molar-refractivity contribution in [3.05, 3.63) is 99.4 Å². The van der Waals surface area contributed by atoms with E-state index in [9.17, 15) is 14.3 Å². The smallest absolute Gasteiger partial charge is 0.321 e. The number of hydrogen-bond donors (Lipinski definition) is 3. The molecule has 0 fully saturated rings. The highest BCUT2D eigenvalue weighted by Gasteiger charge is 2.20. The summed E-state index contributed by atoms with van der Waals surface area (Å²) in [6.07, 6.45) is 2.14. The number of para-hydroxylation sites is 1. The number of fused-ring (bicyclic) bond motifs is 1. The van der Waals surface area contributed by atoms with Crippen LogP contribution >= 0.6 is 23.2 Å². The molecule has 1 heterocycles. The van der Waals surface area contributed by atoms with Gasteiger partial charge in [0.05, 0.1) is 5.02 Å². The summed E-state index contributed by atoms with van der Waals surface area (Å²) < 4.78 is 19.2. The van der Waals surface area contributed by atoms with Crippen molar-refractivity contribution >= 4 is 40.1 Å². The molecule has 0 bridgehead atoms. The van der Waals surface area contributed by atoms with Crippen LogP contribution in [0.4, 0.5) is 4.39 Å². The van der Waals surface area contributed by atoms with Gasteiger partial charge in [0.2, 0.25) is 0 Å². The summed E-state index contributed by atoms with van der Waals surface area (Å²) in [6, 6.07) is 16.2. The molecule has 0 amide bonds. The van der Waals surface area contributed by atoms with Crippen molar-refractivity contribution in [3.8, 4) is 5.75 Å². The molecule has 0 aliphatic heterocycles. The lowest BCUT2D eigenvalue weighted by Gasteiger charge is -2.17. The molecule has 4 rings (SSSR count). The molecule has 5 nitrogen and oxygen atoms in total. The Bertz CT molecular complexity index is 1290. The van der Waals surface area contributed by atoms with Crippen molar-refractivity contribution in [1.29, 1.82) is 0 Å². The van der Waals surface area contributed by atoms with Crippen LogP contribution in [0, 0.1) is 5.82 Å². The van der Waals surface area contributed by atoms with E-state index in [0.29, 0.717) is 28.3 Å². The molecule has 0 saturated carbocycles. The Balaban J connectivity index is 1.47. The van der Waals surface area contributed by atoms with Gasteiger partial charge >= 0.3 is 5.97 Å². The van der Waals surface area contributed by atoms with Crippen LogP contribution in [-0.2, 0) is 24.4 Å². The topological polar surface area (TPSA) is 74.3 Å².